The van der Waals surface area contributed by atoms with Gasteiger partial charge in [-0.05, 0) is 104 Å². The fourth-order valence-electron chi connectivity index (χ4n) is 8.49. The van der Waals surface area contributed by atoms with Crippen LogP contribution in [0, 0.1) is 18.8 Å². The molecule has 1 heteroatoms. The highest BCUT2D eigenvalue weighted by atomic mass is 16.1. The average molecular weight is 475 g/mol. The lowest BCUT2D eigenvalue weighted by Crippen LogP contribution is -2.40. The normalized spacial score (nSPS) is 24.1. The first-order chi connectivity index (χ1) is 18.1. The summed E-state index contributed by atoms with van der Waals surface area (Å²) in [5, 5.41) is 7.05. The molecule has 0 aromatic heterocycles. The van der Waals surface area contributed by atoms with Gasteiger partial charge in [0.15, 0.2) is 5.78 Å². The molecule has 9 rings (SSSR count). The van der Waals surface area contributed by atoms with Crippen molar-refractivity contribution >= 4 is 39.0 Å². The van der Waals surface area contributed by atoms with Crippen LogP contribution in [-0.2, 0) is 11.2 Å². The molecule has 1 saturated carbocycles. The van der Waals surface area contributed by atoms with Crippen molar-refractivity contribution in [3.8, 4) is 11.1 Å². The zero-order valence-electron chi connectivity index (χ0n) is 21.1. The van der Waals surface area contributed by atoms with E-state index in [0.717, 1.165) is 12.8 Å². The number of hydrogen-bond acceptors (Lipinski definition) is 1. The first-order valence-corrected chi connectivity index (χ1v) is 13.5. The van der Waals surface area contributed by atoms with E-state index >= 15 is 0 Å². The van der Waals surface area contributed by atoms with Crippen LogP contribution in [0.5, 0.6) is 0 Å². The smallest absolute Gasteiger partial charge is 0.163 e. The number of benzene rings is 4. The number of ketones is 1. The van der Waals surface area contributed by atoms with Gasteiger partial charge < -0.3 is 0 Å². The standard InChI is InChI=1S/C36H26O/c1-18-14-27-24-8-4-3-6-20(24)16-22-10-12-25-26-13-11-23-17-21-7-5-9-29(37)32(21)28-15-19(2)31(36(26)34(23)28)30(18)35(25)33(22)27/h3-15,28,32,34H,16-17H2,1-2H3. The molecule has 3 unspecified atom stereocenters. The zero-order chi connectivity index (χ0) is 24.6. The Morgan fingerprint density at radius 3 is 2.57 bits per heavy atom. The third-order valence-corrected chi connectivity index (χ3v) is 9.82. The lowest BCUT2D eigenvalue weighted by Gasteiger charge is -2.45. The minimum atomic E-state index is -0.0233. The topological polar surface area (TPSA) is 17.1 Å². The molecule has 1 fully saturated rings. The molecule has 0 spiro atoms. The third-order valence-electron chi connectivity index (χ3n) is 9.82. The molecule has 0 heterocycles. The van der Waals surface area contributed by atoms with E-state index in [1.807, 2.05) is 6.08 Å². The number of fused-ring (bicyclic) bond motifs is 6. The van der Waals surface area contributed by atoms with E-state index in [9.17, 15) is 4.79 Å². The third kappa shape index (κ3) is 2.34. The second-order valence-corrected chi connectivity index (χ2v) is 11.6. The van der Waals surface area contributed by atoms with E-state index in [1.165, 1.54) is 82.4 Å². The van der Waals surface area contributed by atoms with Gasteiger partial charge >= 0.3 is 0 Å². The van der Waals surface area contributed by atoms with Gasteiger partial charge in [-0.15, -0.1) is 0 Å². The van der Waals surface area contributed by atoms with E-state index < -0.39 is 0 Å². The molecule has 3 atom stereocenters. The van der Waals surface area contributed by atoms with Gasteiger partial charge in [0, 0.05) is 11.8 Å². The van der Waals surface area contributed by atoms with Gasteiger partial charge in [-0.25, -0.2) is 0 Å². The number of carbonyl (C=O) groups excluding carboxylic acids is 1. The molecule has 0 amide bonds. The van der Waals surface area contributed by atoms with Crippen molar-refractivity contribution in [3.63, 3.8) is 0 Å². The van der Waals surface area contributed by atoms with Crippen LogP contribution in [0.1, 0.15) is 47.1 Å². The predicted octanol–water partition coefficient (Wildman–Crippen LogP) is 7.51. The van der Waals surface area contributed by atoms with E-state index in [0.29, 0.717) is 0 Å². The van der Waals surface area contributed by atoms with Crippen molar-refractivity contribution < 1.29 is 4.79 Å². The molecule has 4 aromatic rings. The van der Waals surface area contributed by atoms with Gasteiger partial charge in [0.2, 0.25) is 0 Å². The lowest BCUT2D eigenvalue weighted by molar-refractivity contribution is -0.118. The Hall–Kier alpha value is -3.97. The Kier molecular flexibility index (Phi) is 3.63. The summed E-state index contributed by atoms with van der Waals surface area (Å²) in [6.07, 6.45) is 15.0. The highest BCUT2D eigenvalue weighted by Gasteiger charge is 2.46. The molecular formula is C36H26O. The largest absolute Gasteiger partial charge is 0.294 e. The highest BCUT2D eigenvalue weighted by molar-refractivity contribution is 6.22. The summed E-state index contributed by atoms with van der Waals surface area (Å²) in [6.45, 7) is 4.59. The Labute approximate surface area is 216 Å². The molecule has 5 aliphatic carbocycles. The molecule has 0 saturated heterocycles. The summed E-state index contributed by atoms with van der Waals surface area (Å²) >= 11 is 0. The molecule has 176 valence electrons. The summed E-state index contributed by atoms with van der Waals surface area (Å²) in [6, 6.07) is 16.1. The van der Waals surface area contributed by atoms with E-state index in [2.05, 4.69) is 80.6 Å². The predicted molar refractivity (Wildman–Crippen MR) is 152 cm³/mol. The Balaban J connectivity index is 1.45. The van der Waals surface area contributed by atoms with E-state index in [4.69, 9.17) is 0 Å². The Bertz CT molecular complexity index is 1970. The highest BCUT2D eigenvalue weighted by Crippen LogP contribution is 2.56. The summed E-state index contributed by atoms with van der Waals surface area (Å²) in [5.74, 6) is 0.736. The molecule has 0 bridgehead atoms. The molecule has 5 aliphatic rings. The number of allylic oxidation sites excluding steroid dienone is 8. The quantitative estimate of drug-likeness (QED) is 0.227. The summed E-state index contributed by atoms with van der Waals surface area (Å²) < 4.78 is 0. The summed E-state index contributed by atoms with van der Waals surface area (Å²) in [5.41, 5.74) is 14.0. The second kappa shape index (κ2) is 6.66. The molecular weight excluding hydrogens is 448 g/mol. The molecule has 37 heavy (non-hydrogen) atoms. The van der Waals surface area contributed by atoms with Crippen LogP contribution in [0.2, 0.25) is 0 Å². The number of hydrogen-bond donors (Lipinski definition) is 0. The van der Waals surface area contributed by atoms with Crippen LogP contribution in [-0.4, -0.2) is 5.78 Å². The van der Waals surface area contributed by atoms with Gasteiger partial charge in [-0.3, -0.25) is 4.79 Å². The molecule has 0 radical (unpaired) electrons. The summed E-state index contributed by atoms with van der Waals surface area (Å²) in [4.78, 5) is 13.2. The van der Waals surface area contributed by atoms with Crippen molar-refractivity contribution in [3.05, 3.63) is 117 Å². The monoisotopic (exact) mass is 474 g/mol. The van der Waals surface area contributed by atoms with Crippen LogP contribution in [0.25, 0.3) is 44.3 Å². The summed E-state index contributed by atoms with van der Waals surface area (Å²) in [7, 11) is 0. The maximum absolute atomic E-state index is 13.2. The van der Waals surface area contributed by atoms with Crippen molar-refractivity contribution in [2.24, 2.45) is 11.8 Å². The van der Waals surface area contributed by atoms with Gasteiger partial charge in [0.05, 0.1) is 5.92 Å². The van der Waals surface area contributed by atoms with E-state index in [-0.39, 0.29) is 23.5 Å². The number of carbonyl (C=O) groups is 1. The molecule has 0 N–H and O–H groups in total. The van der Waals surface area contributed by atoms with Crippen LogP contribution < -0.4 is 5.22 Å². The maximum Gasteiger partial charge on any atom is 0.163 e. The van der Waals surface area contributed by atoms with Gasteiger partial charge in [-0.1, -0.05) is 84.0 Å². The molecule has 0 aliphatic heterocycles. The van der Waals surface area contributed by atoms with Crippen molar-refractivity contribution in [1.29, 1.82) is 0 Å². The van der Waals surface area contributed by atoms with Crippen LogP contribution in [0.4, 0.5) is 0 Å². The fraction of sp³-hybridized carbons (Fsp3) is 0.194. The van der Waals surface area contributed by atoms with Gasteiger partial charge in [-0.2, -0.15) is 0 Å². The Morgan fingerprint density at radius 1 is 0.784 bits per heavy atom. The number of aryl methyl sites for hydroxylation is 1. The second-order valence-electron chi connectivity index (χ2n) is 11.6. The zero-order valence-corrected chi connectivity index (χ0v) is 21.1. The van der Waals surface area contributed by atoms with Crippen LogP contribution in [0.3, 0.4) is 0 Å². The van der Waals surface area contributed by atoms with Crippen LogP contribution in [0.15, 0.2) is 84.0 Å². The van der Waals surface area contributed by atoms with Crippen LogP contribution >= 0.6 is 0 Å². The first-order valence-electron chi connectivity index (χ1n) is 13.5. The van der Waals surface area contributed by atoms with Gasteiger partial charge in [0.1, 0.15) is 0 Å². The fourth-order valence-corrected chi connectivity index (χ4v) is 8.49. The van der Waals surface area contributed by atoms with Crippen molar-refractivity contribution in [1.82, 2.24) is 0 Å². The van der Waals surface area contributed by atoms with Crippen molar-refractivity contribution in [2.75, 3.05) is 0 Å². The average Bonchev–Trinajstić information content (AvgIpc) is 2.90. The Morgan fingerprint density at radius 2 is 1.65 bits per heavy atom. The van der Waals surface area contributed by atoms with E-state index in [1.54, 1.807) is 6.08 Å². The van der Waals surface area contributed by atoms with Crippen molar-refractivity contribution in [2.45, 2.75) is 32.6 Å². The SMILES string of the molecule is CC1=CC2C3C(=O)C=CC=C3CC3=CC=c4c(c1c1c(C)cc5c6c(ccc4c61)Cc1ccccc1-5)C32. The maximum atomic E-state index is 13.2. The minimum Gasteiger partial charge on any atom is -0.294 e. The minimum absolute atomic E-state index is 0.0233. The van der Waals surface area contributed by atoms with Gasteiger partial charge in [0.25, 0.3) is 0 Å². The lowest BCUT2D eigenvalue weighted by atomic mass is 9.57. The first kappa shape index (κ1) is 20.1. The molecule has 1 nitrogen and oxygen atoms in total. The number of rotatable bonds is 0. The molecule has 4 aromatic carbocycles.